The van der Waals surface area contributed by atoms with E-state index >= 15 is 0 Å². The van der Waals surface area contributed by atoms with Gasteiger partial charge in [-0.05, 0) is 72.5 Å². The Balaban J connectivity index is 1.93. The molecule has 0 radical (unpaired) electrons. The Bertz CT molecular complexity index is 1370. The summed E-state index contributed by atoms with van der Waals surface area (Å²) in [5.41, 5.74) is 5.53. The summed E-state index contributed by atoms with van der Waals surface area (Å²) in [5, 5.41) is 14.3. The summed E-state index contributed by atoms with van der Waals surface area (Å²) in [5.74, 6) is 1.10. The minimum Gasteiger partial charge on any atom is -0.508 e. The molecular formula is C24H20N2O2. The maximum absolute atomic E-state index is 9.64. The topological polar surface area (TPSA) is 47.3 Å². The van der Waals surface area contributed by atoms with Crippen LogP contribution in [0.5, 0.6) is 11.5 Å². The number of aryl methyl sites for hydroxylation is 2. The van der Waals surface area contributed by atoms with Crippen molar-refractivity contribution < 1.29 is 9.84 Å². The second-order valence-electron chi connectivity index (χ2n) is 7.14. The van der Waals surface area contributed by atoms with Crippen LogP contribution in [0, 0.1) is 6.92 Å². The molecule has 5 rings (SSSR count). The van der Waals surface area contributed by atoms with Gasteiger partial charge in [-0.15, -0.1) is 0 Å². The van der Waals surface area contributed by atoms with E-state index in [0.717, 1.165) is 22.4 Å². The molecule has 28 heavy (non-hydrogen) atoms. The summed E-state index contributed by atoms with van der Waals surface area (Å²) in [6.07, 6.45) is 1.86. The smallest absolute Gasteiger partial charge is 0.119 e. The number of aromatic nitrogens is 2. The number of ether oxygens (including phenoxy) is 1. The van der Waals surface area contributed by atoms with Gasteiger partial charge in [0, 0.05) is 40.5 Å². The zero-order valence-corrected chi connectivity index (χ0v) is 16.0. The van der Waals surface area contributed by atoms with Gasteiger partial charge in [0.05, 0.1) is 18.3 Å². The zero-order valence-electron chi connectivity index (χ0n) is 16.0. The van der Waals surface area contributed by atoms with Crippen molar-refractivity contribution in [3.05, 3.63) is 66.4 Å². The van der Waals surface area contributed by atoms with Gasteiger partial charge < -0.3 is 14.4 Å². The molecule has 138 valence electrons. The fourth-order valence-electron chi connectivity index (χ4n) is 4.25. The largest absolute Gasteiger partial charge is 0.508 e. The summed E-state index contributed by atoms with van der Waals surface area (Å²) < 4.78 is 7.71. The van der Waals surface area contributed by atoms with Crippen LogP contribution in [-0.4, -0.2) is 21.8 Å². The number of benzene rings is 3. The quantitative estimate of drug-likeness (QED) is 0.443. The predicted molar refractivity (Wildman–Crippen MR) is 114 cm³/mol. The third-order valence-corrected chi connectivity index (χ3v) is 5.62. The number of aromatic hydroxyl groups is 1. The van der Waals surface area contributed by atoms with E-state index in [1.54, 1.807) is 19.2 Å². The molecule has 4 nitrogen and oxygen atoms in total. The van der Waals surface area contributed by atoms with Crippen LogP contribution in [0.25, 0.3) is 43.8 Å². The second kappa shape index (κ2) is 5.99. The van der Waals surface area contributed by atoms with E-state index in [0.29, 0.717) is 0 Å². The number of hydrogen-bond acceptors (Lipinski definition) is 3. The van der Waals surface area contributed by atoms with Gasteiger partial charge in [-0.1, -0.05) is 0 Å². The molecule has 0 atom stereocenters. The molecule has 0 saturated heterocycles. The third-order valence-electron chi connectivity index (χ3n) is 5.62. The van der Waals surface area contributed by atoms with Gasteiger partial charge in [0.25, 0.3) is 0 Å². The normalized spacial score (nSPS) is 11.5. The van der Waals surface area contributed by atoms with Crippen molar-refractivity contribution in [2.45, 2.75) is 6.92 Å². The first-order valence-corrected chi connectivity index (χ1v) is 9.22. The average molecular weight is 368 g/mol. The van der Waals surface area contributed by atoms with Crippen LogP contribution in [0.1, 0.15) is 5.56 Å². The number of nitrogens with zero attached hydrogens (tertiary/aromatic N) is 2. The minimum atomic E-state index is 0.253. The fraction of sp³-hybridized carbons (Fsp3) is 0.125. The molecule has 5 aromatic rings. The van der Waals surface area contributed by atoms with Crippen LogP contribution in [0.3, 0.4) is 0 Å². The van der Waals surface area contributed by atoms with E-state index < -0.39 is 0 Å². The van der Waals surface area contributed by atoms with Crippen LogP contribution in [-0.2, 0) is 7.05 Å². The number of hydrogen-bond donors (Lipinski definition) is 1. The van der Waals surface area contributed by atoms with E-state index in [2.05, 4.69) is 47.8 Å². The number of phenolic OH excluding ortho intramolecular Hbond substituents is 1. The monoisotopic (exact) mass is 368 g/mol. The molecule has 2 heterocycles. The van der Waals surface area contributed by atoms with Gasteiger partial charge in [-0.25, -0.2) is 0 Å². The van der Waals surface area contributed by atoms with E-state index in [-0.39, 0.29) is 5.75 Å². The Kier molecular flexibility index (Phi) is 3.56. The molecule has 4 heteroatoms. The third kappa shape index (κ3) is 2.28. The maximum atomic E-state index is 9.64. The Morgan fingerprint density at radius 2 is 1.68 bits per heavy atom. The van der Waals surface area contributed by atoms with Crippen molar-refractivity contribution in [1.29, 1.82) is 0 Å². The van der Waals surface area contributed by atoms with Gasteiger partial charge in [0.2, 0.25) is 0 Å². The Hall–Kier alpha value is -3.53. The van der Waals surface area contributed by atoms with E-state index in [1.165, 1.54) is 32.8 Å². The molecule has 0 bridgehead atoms. The molecule has 2 aromatic heterocycles. The summed E-state index contributed by atoms with van der Waals surface area (Å²) >= 11 is 0. The highest BCUT2D eigenvalue weighted by molar-refractivity contribution is 6.16. The lowest BCUT2D eigenvalue weighted by molar-refractivity contribution is 0.415. The summed E-state index contributed by atoms with van der Waals surface area (Å²) in [4.78, 5) is 4.66. The van der Waals surface area contributed by atoms with Gasteiger partial charge in [0.1, 0.15) is 11.5 Å². The first-order valence-electron chi connectivity index (χ1n) is 9.22. The highest BCUT2D eigenvalue weighted by atomic mass is 16.5. The van der Waals surface area contributed by atoms with Gasteiger partial charge in [-0.2, -0.15) is 0 Å². The molecule has 0 fully saturated rings. The van der Waals surface area contributed by atoms with Crippen molar-refractivity contribution in [3.63, 3.8) is 0 Å². The van der Waals surface area contributed by atoms with Crippen LogP contribution in [0.2, 0.25) is 0 Å². The number of fused-ring (bicyclic) bond motifs is 4. The number of phenols is 1. The van der Waals surface area contributed by atoms with Gasteiger partial charge in [0.15, 0.2) is 0 Å². The lowest BCUT2D eigenvalue weighted by atomic mass is 9.97. The Morgan fingerprint density at radius 1 is 0.893 bits per heavy atom. The lowest BCUT2D eigenvalue weighted by Crippen LogP contribution is -1.92. The first kappa shape index (κ1) is 16.6. The molecule has 0 amide bonds. The summed E-state index contributed by atoms with van der Waals surface area (Å²) in [6.45, 7) is 2.17. The predicted octanol–water partition coefficient (Wildman–Crippen LogP) is 5.57. The lowest BCUT2D eigenvalue weighted by Gasteiger charge is -2.11. The van der Waals surface area contributed by atoms with Gasteiger partial charge in [-0.3, -0.25) is 4.98 Å². The van der Waals surface area contributed by atoms with E-state index in [1.807, 2.05) is 24.4 Å². The highest BCUT2D eigenvalue weighted by Crippen LogP contribution is 2.38. The van der Waals surface area contributed by atoms with Crippen LogP contribution in [0.15, 0.2) is 60.8 Å². The minimum absolute atomic E-state index is 0.253. The molecule has 0 spiro atoms. The molecule has 0 aliphatic heterocycles. The molecule has 1 N–H and O–H groups in total. The van der Waals surface area contributed by atoms with Crippen LogP contribution >= 0.6 is 0 Å². The van der Waals surface area contributed by atoms with Crippen molar-refractivity contribution in [1.82, 2.24) is 9.55 Å². The van der Waals surface area contributed by atoms with Crippen molar-refractivity contribution >= 4 is 32.6 Å². The number of pyridine rings is 1. The molecule has 0 saturated carbocycles. The zero-order chi connectivity index (χ0) is 19.4. The first-order chi connectivity index (χ1) is 13.6. The molecule has 0 aliphatic rings. The molecule has 0 unspecified atom stereocenters. The molecular weight excluding hydrogens is 348 g/mol. The molecule has 0 aliphatic carbocycles. The molecule has 3 aromatic carbocycles. The van der Waals surface area contributed by atoms with Crippen LogP contribution in [0.4, 0.5) is 0 Å². The van der Waals surface area contributed by atoms with E-state index in [9.17, 15) is 5.11 Å². The maximum Gasteiger partial charge on any atom is 0.119 e. The second-order valence-corrected chi connectivity index (χ2v) is 7.14. The number of methoxy groups -OCH3 is 1. The van der Waals surface area contributed by atoms with E-state index in [4.69, 9.17) is 4.74 Å². The van der Waals surface area contributed by atoms with Crippen molar-refractivity contribution in [3.8, 4) is 22.8 Å². The highest BCUT2D eigenvalue weighted by Gasteiger charge is 2.16. The van der Waals surface area contributed by atoms with Crippen LogP contribution < -0.4 is 4.74 Å². The summed E-state index contributed by atoms with van der Waals surface area (Å²) in [7, 11) is 3.80. The SMILES string of the molecule is COc1ccc2c(c1)c1cc3c(-c4ccc(O)cc4)nccc3c(C)c1n2C. The Morgan fingerprint density at radius 3 is 2.43 bits per heavy atom. The number of rotatable bonds is 2. The van der Waals surface area contributed by atoms with Crippen molar-refractivity contribution in [2.75, 3.05) is 7.11 Å². The summed E-state index contributed by atoms with van der Waals surface area (Å²) in [6, 6.07) is 17.7. The average Bonchev–Trinajstić information content (AvgIpc) is 3.00. The van der Waals surface area contributed by atoms with Gasteiger partial charge >= 0.3 is 0 Å². The van der Waals surface area contributed by atoms with Crippen molar-refractivity contribution in [2.24, 2.45) is 7.05 Å². The fourth-order valence-corrected chi connectivity index (χ4v) is 4.25. The Labute approximate surface area is 162 Å². The standard InChI is InChI=1S/C24H20N2O2/c1-14-18-10-11-25-23(15-4-6-16(27)7-5-15)20(18)13-21-19-12-17(28-3)8-9-22(19)26(2)24(14)21/h4-13,27H,1-3H3.